The van der Waals surface area contributed by atoms with Crippen molar-refractivity contribution in [2.24, 2.45) is 0 Å². The minimum Gasteiger partial charge on any atom is -0.378 e. The average molecular weight is 318 g/mol. The SMILES string of the molecule is CN(C)c1cccc(NS(=O)(=O)c2cnc(Cl)s2)c1. The first kappa shape index (κ1) is 14.1. The van der Waals surface area contributed by atoms with Gasteiger partial charge in [-0.05, 0) is 18.2 Å². The van der Waals surface area contributed by atoms with Gasteiger partial charge in [-0.2, -0.15) is 0 Å². The van der Waals surface area contributed by atoms with Crippen molar-refractivity contribution < 1.29 is 8.42 Å². The zero-order chi connectivity index (χ0) is 14.0. The summed E-state index contributed by atoms with van der Waals surface area (Å²) >= 11 is 6.56. The Kier molecular flexibility index (Phi) is 3.98. The van der Waals surface area contributed by atoms with Crippen molar-refractivity contribution in [1.82, 2.24) is 4.98 Å². The van der Waals surface area contributed by atoms with Gasteiger partial charge in [0.1, 0.15) is 0 Å². The van der Waals surface area contributed by atoms with E-state index < -0.39 is 10.0 Å². The van der Waals surface area contributed by atoms with Crippen LogP contribution in [0.3, 0.4) is 0 Å². The Morgan fingerprint density at radius 2 is 2.11 bits per heavy atom. The van der Waals surface area contributed by atoms with Gasteiger partial charge in [0.25, 0.3) is 10.0 Å². The number of nitrogens with one attached hydrogen (secondary N) is 1. The van der Waals surface area contributed by atoms with E-state index in [4.69, 9.17) is 11.6 Å². The maximum absolute atomic E-state index is 12.1. The number of rotatable bonds is 4. The highest BCUT2D eigenvalue weighted by Crippen LogP contribution is 2.25. The topological polar surface area (TPSA) is 62.3 Å². The zero-order valence-electron chi connectivity index (χ0n) is 10.3. The number of hydrogen-bond donors (Lipinski definition) is 1. The van der Waals surface area contributed by atoms with Gasteiger partial charge in [-0.1, -0.05) is 29.0 Å². The molecule has 102 valence electrons. The molecule has 1 N–H and O–H groups in total. The van der Waals surface area contributed by atoms with E-state index in [1.54, 1.807) is 18.2 Å². The number of benzene rings is 1. The molecule has 0 aliphatic rings. The van der Waals surface area contributed by atoms with E-state index in [1.165, 1.54) is 6.20 Å². The molecule has 2 aromatic rings. The van der Waals surface area contributed by atoms with E-state index in [-0.39, 0.29) is 8.68 Å². The highest BCUT2D eigenvalue weighted by Gasteiger charge is 2.17. The maximum atomic E-state index is 12.1. The fraction of sp³-hybridized carbons (Fsp3) is 0.182. The standard InChI is InChI=1S/C11H12ClN3O2S2/c1-15(2)9-5-3-4-8(6-9)14-19(16,17)10-7-13-11(12)18-10/h3-7,14H,1-2H3. The van der Waals surface area contributed by atoms with Gasteiger partial charge in [0.2, 0.25) is 0 Å². The summed E-state index contributed by atoms with van der Waals surface area (Å²) in [5.74, 6) is 0. The van der Waals surface area contributed by atoms with Crippen LogP contribution in [0.5, 0.6) is 0 Å². The minimum absolute atomic E-state index is 0.0905. The second-order valence-corrected chi connectivity index (χ2v) is 7.50. The molecule has 0 saturated carbocycles. The van der Waals surface area contributed by atoms with Gasteiger partial charge in [0, 0.05) is 19.8 Å². The molecule has 2 rings (SSSR count). The van der Waals surface area contributed by atoms with Crippen LogP contribution >= 0.6 is 22.9 Å². The van der Waals surface area contributed by atoms with E-state index in [2.05, 4.69) is 9.71 Å². The van der Waals surface area contributed by atoms with Crippen LogP contribution in [0.25, 0.3) is 0 Å². The lowest BCUT2D eigenvalue weighted by Gasteiger charge is -2.14. The summed E-state index contributed by atoms with van der Waals surface area (Å²) in [5.41, 5.74) is 1.40. The van der Waals surface area contributed by atoms with Crippen molar-refractivity contribution in [3.05, 3.63) is 34.9 Å². The molecule has 0 amide bonds. The molecular weight excluding hydrogens is 306 g/mol. The van der Waals surface area contributed by atoms with Gasteiger partial charge in [-0.3, -0.25) is 4.72 Å². The minimum atomic E-state index is -3.63. The normalized spacial score (nSPS) is 11.3. The molecular formula is C11H12ClN3O2S2. The average Bonchev–Trinajstić information content (AvgIpc) is 2.76. The zero-order valence-corrected chi connectivity index (χ0v) is 12.7. The number of nitrogens with zero attached hydrogens (tertiary/aromatic N) is 2. The molecule has 19 heavy (non-hydrogen) atoms. The predicted octanol–water partition coefficient (Wildman–Crippen LogP) is 2.66. The van der Waals surface area contributed by atoms with Crippen LogP contribution in [0.4, 0.5) is 11.4 Å². The highest BCUT2D eigenvalue weighted by molar-refractivity contribution is 7.94. The number of thiazole rings is 1. The largest absolute Gasteiger partial charge is 0.378 e. The van der Waals surface area contributed by atoms with Crippen molar-refractivity contribution in [3.8, 4) is 0 Å². The van der Waals surface area contributed by atoms with Gasteiger partial charge in [-0.15, -0.1) is 0 Å². The first-order chi connectivity index (χ1) is 8.88. The Bertz CT molecular complexity index is 683. The molecule has 0 aliphatic carbocycles. The first-order valence-corrected chi connectivity index (χ1v) is 7.98. The van der Waals surface area contributed by atoms with Crippen molar-refractivity contribution in [2.75, 3.05) is 23.7 Å². The quantitative estimate of drug-likeness (QED) is 0.941. The molecule has 1 heterocycles. The maximum Gasteiger partial charge on any atom is 0.273 e. The molecule has 0 fully saturated rings. The van der Waals surface area contributed by atoms with Crippen LogP contribution in [0.2, 0.25) is 4.47 Å². The Balaban J connectivity index is 2.28. The molecule has 0 radical (unpaired) electrons. The lowest BCUT2D eigenvalue weighted by molar-refractivity contribution is 0.603. The molecule has 8 heteroatoms. The fourth-order valence-electron chi connectivity index (χ4n) is 1.42. The van der Waals surface area contributed by atoms with Crippen molar-refractivity contribution >= 4 is 44.3 Å². The molecule has 0 atom stereocenters. The predicted molar refractivity (Wildman–Crippen MR) is 78.7 cm³/mol. The second kappa shape index (κ2) is 5.36. The third kappa shape index (κ3) is 3.37. The lowest BCUT2D eigenvalue weighted by atomic mass is 10.3. The molecule has 0 saturated heterocycles. The van der Waals surface area contributed by atoms with Gasteiger partial charge < -0.3 is 4.90 Å². The molecule has 0 unspecified atom stereocenters. The summed E-state index contributed by atoms with van der Waals surface area (Å²) in [4.78, 5) is 5.62. The first-order valence-electron chi connectivity index (χ1n) is 5.30. The van der Waals surface area contributed by atoms with Gasteiger partial charge in [0.05, 0.1) is 11.9 Å². The van der Waals surface area contributed by atoms with Crippen molar-refractivity contribution in [1.29, 1.82) is 0 Å². The molecule has 0 aliphatic heterocycles. The summed E-state index contributed by atoms with van der Waals surface area (Å²) in [6.07, 6.45) is 1.24. The highest BCUT2D eigenvalue weighted by atomic mass is 35.5. The van der Waals surface area contributed by atoms with E-state index >= 15 is 0 Å². The fourth-order valence-corrected chi connectivity index (χ4v) is 3.76. The summed E-state index contributed by atoms with van der Waals surface area (Å²) < 4.78 is 27.0. The van der Waals surface area contributed by atoms with Crippen LogP contribution in [-0.4, -0.2) is 27.5 Å². The van der Waals surface area contributed by atoms with Crippen LogP contribution in [-0.2, 0) is 10.0 Å². The summed E-state index contributed by atoms with van der Waals surface area (Å²) in [5, 5.41) is 0. The van der Waals surface area contributed by atoms with Gasteiger partial charge in [-0.25, -0.2) is 13.4 Å². The third-order valence-electron chi connectivity index (χ3n) is 2.34. The van der Waals surface area contributed by atoms with Crippen LogP contribution in [0.1, 0.15) is 0 Å². The Hall–Kier alpha value is -1.31. The lowest BCUT2D eigenvalue weighted by Crippen LogP contribution is -2.13. The smallest absolute Gasteiger partial charge is 0.273 e. The molecule has 0 bridgehead atoms. The van der Waals surface area contributed by atoms with Crippen molar-refractivity contribution in [2.45, 2.75) is 4.21 Å². The van der Waals surface area contributed by atoms with E-state index in [0.717, 1.165) is 17.0 Å². The monoisotopic (exact) mass is 317 g/mol. The molecule has 1 aromatic heterocycles. The number of anilines is 2. The molecule has 0 spiro atoms. The number of halogens is 1. The van der Waals surface area contributed by atoms with E-state index in [1.807, 2.05) is 25.1 Å². The number of hydrogen-bond acceptors (Lipinski definition) is 5. The van der Waals surface area contributed by atoms with Crippen LogP contribution in [0, 0.1) is 0 Å². The van der Waals surface area contributed by atoms with Crippen molar-refractivity contribution in [3.63, 3.8) is 0 Å². The van der Waals surface area contributed by atoms with E-state index in [9.17, 15) is 8.42 Å². The number of sulfonamides is 1. The summed E-state index contributed by atoms with van der Waals surface area (Å²) in [6.45, 7) is 0. The number of aromatic nitrogens is 1. The Morgan fingerprint density at radius 1 is 1.37 bits per heavy atom. The molecule has 1 aromatic carbocycles. The van der Waals surface area contributed by atoms with Crippen LogP contribution < -0.4 is 9.62 Å². The third-order valence-corrected chi connectivity index (χ3v) is 5.29. The van der Waals surface area contributed by atoms with Gasteiger partial charge in [0.15, 0.2) is 8.68 Å². The summed E-state index contributed by atoms with van der Waals surface area (Å²) in [6, 6.07) is 7.11. The van der Waals surface area contributed by atoms with E-state index in [0.29, 0.717) is 5.69 Å². The molecule has 5 nitrogen and oxygen atoms in total. The summed E-state index contributed by atoms with van der Waals surface area (Å²) in [7, 11) is 0.139. The van der Waals surface area contributed by atoms with Gasteiger partial charge >= 0.3 is 0 Å². The second-order valence-electron chi connectivity index (χ2n) is 3.98. The Morgan fingerprint density at radius 3 is 2.68 bits per heavy atom. The van der Waals surface area contributed by atoms with Crippen LogP contribution in [0.15, 0.2) is 34.7 Å². The Labute approximate surface area is 120 Å².